The molecule has 2 aliphatic carbocycles. The van der Waals surface area contributed by atoms with Crippen LogP contribution in [-0.2, 0) is 5.04 Å². The Morgan fingerprint density at radius 2 is 1.44 bits per heavy atom. The zero-order valence-corrected chi connectivity index (χ0v) is 22.3. The van der Waals surface area contributed by atoms with Crippen molar-refractivity contribution in [2.75, 3.05) is 0 Å². The normalized spacial score (nSPS) is 19.1. The van der Waals surface area contributed by atoms with Gasteiger partial charge in [-0.15, -0.1) is 6.58 Å². The third-order valence-corrected chi connectivity index (χ3v) is 13.8. The smallest absolute Gasteiger partial charge is 0.0642 e. The number of allylic oxidation sites excluding steroid dienone is 2. The Bertz CT molecular complexity index is 1200. The van der Waals surface area contributed by atoms with Crippen LogP contribution in [0.3, 0.4) is 0 Å². The van der Waals surface area contributed by atoms with Gasteiger partial charge < -0.3 is 0 Å². The number of unbranched alkanes of at least 4 members (excludes halogenated alkanes) is 2. The molecule has 0 aliphatic heterocycles. The summed E-state index contributed by atoms with van der Waals surface area (Å²) in [7, 11) is -1.79. The van der Waals surface area contributed by atoms with Crippen LogP contribution in [0.25, 0.3) is 17.2 Å². The average molecular weight is 463 g/mol. The molecule has 0 fully saturated rings. The lowest BCUT2D eigenvalue weighted by atomic mass is 9.63. The van der Waals surface area contributed by atoms with Gasteiger partial charge in [0.25, 0.3) is 0 Å². The molecule has 3 aromatic rings. The summed E-state index contributed by atoms with van der Waals surface area (Å²) in [6, 6.07) is 28.8. The summed E-state index contributed by atoms with van der Waals surface area (Å²) >= 11 is 0. The van der Waals surface area contributed by atoms with Crippen LogP contribution in [0.15, 0.2) is 91.5 Å². The summed E-state index contributed by atoms with van der Waals surface area (Å²) < 4.78 is 0. The van der Waals surface area contributed by atoms with Crippen LogP contribution < -0.4 is 0 Å². The second-order valence-electron chi connectivity index (χ2n) is 11.5. The van der Waals surface area contributed by atoms with Crippen molar-refractivity contribution in [2.24, 2.45) is 5.41 Å². The molecule has 174 valence electrons. The van der Waals surface area contributed by atoms with E-state index in [4.69, 9.17) is 0 Å². The average Bonchev–Trinajstić information content (AvgIpc) is 3.40. The number of fused-ring (bicyclic) bond motifs is 4. The first-order chi connectivity index (χ1) is 16.3. The van der Waals surface area contributed by atoms with Crippen LogP contribution in [-0.4, -0.2) is 8.07 Å². The largest absolute Gasteiger partial charge is 0.103 e. The van der Waals surface area contributed by atoms with E-state index in [9.17, 15) is 0 Å². The van der Waals surface area contributed by atoms with Gasteiger partial charge in [0.1, 0.15) is 0 Å². The van der Waals surface area contributed by atoms with Crippen molar-refractivity contribution >= 4 is 14.1 Å². The summed E-state index contributed by atoms with van der Waals surface area (Å²) in [5.74, 6) is 0.371. The molecule has 3 aromatic carbocycles. The van der Waals surface area contributed by atoms with E-state index in [0.717, 1.165) is 6.42 Å². The first-order valence-electron chi connectivity index (χ1n) is 12.9. The van der Waals surface area contributed by atoms with Gasteiger partial charge in [-0.1, -0.05) is 137 Å². The molecule has 0 amide bonds. The lowest BCUT2D eigenvalue weighted by Crippen LogP contribution is -2.60. The van der Waals surface area contributed by atoms with E-state index in [1.807, 2.05) is 0 Å². The molecule has 0 heterocycles. The minimum absolute atomic E-state index is 0.0208. The van der Waals surface area contributed by atoms with E-state index in [1.165, 1.54) is 46.7 Å². The topological polar surface area (TPSA) is 0 Å². The molecular formula is C33H38Si. The lowest BCUT2D eigenvalue weighted by Gasteiger charge is -2.56. The van der Waals surface area contributed by atoms with E-state index in [1.54, 1.807) is 5.56 Å². The Hall–Kier alpha value is -2.64. The third-order valence-electron chi connectivity index (χ3n) is 9.00. The van der Waals surface area contributed by atoms with Crippen LogP contribution in [0.2, 0.25) is 19.1 Å². The second kappa shape index (κ2) is 8.54. The standard InChI is InChI=1S/C33H38Si/c1-6-7-8-15-24-34(4,5)33(23-22-25-16-9-14-21-30(25)33)32(2,3)31-28-19-12-10-17-26(28)27-18-11-13-20-29(27)31/h6,9-14,16-23,31H,1,7-8,15,24H2,2-5H3. The minimum atomic E-state index is -1.79. The maximum atomic E-state index is 3.95. The van der Waals surface area contributed by atoms with Crippen LogP contribution in [0.1, 0.15) is 61.3 Å². The van der Waals surface area contributed by atoms with Crippen molar-refractivity contribution in [1.82, 2.24) is 0 Å². The minimum Gasteiger partial charge on any atom is -0.103 e. The molecule has 0 N–H and O–H groups in total. The van der Waals surface area contributed by atoms with Crippen LogP contribution in [0.4, 0.5) is 0 Å². The first kappa shape index (κ1) is 23.1. The van der Waals surface area contributed by atoms with E-state index in [2.05, 4.69) is 125 Å². The van der Waals surface area contributed by atoms with Crippen LogP contribution in [0, 0.1) is 5.41 Å². The predicted octanol–water partition coefficient (Wildman–Crippen LogP) is 9.39. The molecule has 0 spiro atoms. The summed E-state index contributed by atoms with van der Waals surface area (Å²) in [4.78, 5) is 0. The van der Waals surface area contributed by atoms with Crippen molar-refractivity contribution in [1.29, 1.82) is 0 Å². The highest BCUT2D eigenvalue weighted by atomic mass is 28.3. The molecule has 34 heavy (non-hydrogen) atoms. The van der Waals surface area contributed by atoms with E-state index in [-0.39, 0.29) is 10.5 Å². The molecule has 2 aliphatic rings. The highest BCUT2D eigenvalue weighted by Crippen LogP contribution is 2.64. The number of hydrogen-bond acceptors (Lipinski definition) is 0. The zero-order chi connectivity index (χ0) is 24.0. The van der Waals surface area contributed by atoms with Gasteiger partial charge in [0, 0.05) is 11.0 Å². The van der Waals surface area contributed by atoms with E-state index in [0.29, 0.717) is 5.92 Å². The third kappa shape index (κ3) is 3.24. The molecule has 0 aromatic heterocycles. The molecular weight excluding hydrogens is 424 g/mol. The molecule has 5 rings (SSSR count). The highest BCUT2D eigenvalue weighted by molar-refractivity contribution is 6.81. The van der Waals surface area contributed by atoms with Gasteiger partial charge in [0.2, 0.25) is 0 Å². The molecule has 0 saturated heterocycles. The summed E-state index contributed by atoms with van der Waals surface area (Å²) in [5, 5.41) is 0.0556. The maximum absolute atomic E-state index is 3.95. The van der Waals surface area contributed by atoms with Crippen molar-refractivity contribution < 1.29 is 0 Å². The highest BCUT2D eigenvalue weighted by Gasteiger charge is 2.60. The molecule has 0 saturated carbocycles. The fraction of sp³-hybridized carbons (Fsp3) is 0.333. The van der Waals surface area contributed by atoms with Gasteiger partial charge in [0.15, 0.2) is 0 Å². The summed E-state index contributed by atoms with van der Waals surface area (Å²) in [6.45, 7) is 14.4. The molecule has 1 atom stereocenters. The SMILES string of the molecule is C=CCCCC[Si](C)(C)C1(C(C)(C)C2c3ccccc3-c3ccccc32)C=Cc2ccccc21. The van der Waals surface area contributed by atoms with Crippen molar-refractivity contribution in [3.63, 3.8) is 0 Å². The van der Waals surface area contributed by atoms with E-state index < -0.39 is 8.07 Å². The van der Waals surface area contributed by atoms with Crippen molar-refractivity contribution in [3.8, 4) is 11.1 Å². The quantitative estimate of drug-likeness (QED) is 0.178. The summed E-state index contributed by atoms with van der Waals surface area (Å²) in [5.41, 5.74) is 8.85. The molecule has 1 unspecified atom stereocenters. The molecule has 1 heteroatoms. The number of hydrogen-bond donors (Lipinski definition) is 0. The van der Waals surface area contributed by atoms with Crippen LogP contribution >= 0.6 is 0 Å². The van der Waals surface area contributed by atoms with Gasteiger partial charge in [0.05, 0.1) is 8.07 Å². The fourth-order valence-corrected chi connectivity index (χ4v) is 12.5. The Labute approximate surface area is 207 Å². The Morgan fingerprint density at radius 3 is 2.09 bits per heavy atom. The molecule has 0 nitrogen and oxygen atoms in total. The second-order valence-corrected chi connectivity index (χ2v) is 16.5. The lowest BCUT2D eigenvalue weighted by molar-refractivity contribution is 0.243. The Morgan fingerprint density at radius 1 is 0.853 bits per heavy atom. The van der Waals surface area contributed by atoms with Gasteiger partial charge in [-0.05, 0) is 45.2 Å². The van der Waals surface area contributed by atoms with Gasteiger partial charge in [-0.25, -0.2) is 0 Å². The summed E-state index contributed by atoms with van der Waals surface area (Å²) in [6.07, 6.45) is 10.8. The Balaban J connectivity index is 1.71. The number of benzene rings is 3. The number of rotatable bonds is 8. The van der Waals surface area contributed by atoms with Gasteiger partial charge in [-0.2, -0.15) is 0 Å². The Kier molecular flexibility index (Phi) is 5.80. The maximum Gasteiger partial charge on any atom is 0.0642 e. The first-order valence-corrected chi connectivity index (χ1v) is 16.1. The molecule has 0 bridgehead atoms. The van der Waals surface area contributed by atoms with E-state index >= 15 is 0 Å². The molecule has 0 radical (unpaired) electrons. The van der Waals surface area contributed by atoms with Gasteiger partial charge in [-0.3, -0.25) is 0 Å². The zero-order valence-electron chi connectivity index (χ0n) is 21.3. The van der Waals surface area contributed by atoms with Gasteiger partial charge >= 0.3 is 0 Å². The van der Waals surface area contributed by atoms with Crippen LogP contribution in [0.5, 0.6) is 0 Å². The van der Waals surface area contributed by atoms with Crippen molar-refractivity contribution in [3.05, 3.63) is 114 Å². The fourth-order valence-electron chi connectivity index (χ4n) is 7.54. The van der Waals surface area contributed by atoms with Crippen molar-refractivity contribution in [2.45, 2.75) is 63.2 Å². The monoisotopic (exact) mass is 462 g/mol. The predicted molar refractivity (Wildman–Crippen MR) is 151 cm³/mol.